The number of hydrogen-bond acceptors (Lipinski definition) is 3. The molecule has 21 heavy (non-hydrogen) atoms. The van der Waals surface area contributed by atoms with E-state index in [1.807, 2.05) is 0 Å². The summed E-state index contributed by atoms with van der Waals surface area (Å²) in [4.78, 5) is 15.9. The highest BCUT2D eigenvalue weighted by Gasteiger charge is 2.10. The Kier molecular flexibility index (Phi) is 4.81. The molecule has 4 nitrogen and oxygen atoms in total. The smallest absolute Gasteiger partial charge is 0.254 e. The van der Waals surface area contributed by atoms with Crippen molar-refractivity contribution >= 4 is 11.6 Å². The van der Waals surface area contributed by atoms with Gasteiger partial charge in [0.15, 0.2) is 0 Å². The molecule has 2 N–H and O–H groups in total. The maximum atomic E-state index is 13.0. The number of halogens is 2. The lowest BCUT2D eigenvalue weighted by Gasteiger charge is -2.09. The molecule has 0 unspecified atom stereocenters. The third kappa shape index (κ3) is 3.98. The van der Waals surface area contributed by atoms with Gasteiger partial charge in [-0.05, 0) is 30.2 Å². The highest BCUT2D eigenvalue weighted by Crippen LogP contribution is 2.12. The number of nitrogens with zero attached hydrogens (tertiary/aromatic N) is 1. The van der Waals surface area contributed by atoms with E-state index >= 15 is 0 Å². The average molecular weight is 291 g/mol. The summed E-state index contributed by atoms with van der Waals surface area (Å²) >= 11 is 0. The van der Waals surface area contributed by atoms with Crippen LogP contribution in [0, 0.1) is 11.6 Å². The Labute approximate surface area is 121 Å². The molecule has 0 spiro atoms. The fourth-order valence-corrected chi connectivity index (χ4v) is 1.96. The molecule has 1 amide bonds. The summed E-state index contributed by atoms with van der Waals surface area (Å²) in [6.45, 7) is 0.278. The van der Waals surface area contributed by atoms with Crippen molar-refractivity contribution < 1.29 is 13.6 Å². The molecule has 6 heteroatoms. The zero-order chi connectivity index (χ0) is 15.2. The van der Waals surface area contributed by atoms with Gasteiger partial charge in [0.1, 0.15) is 11.6 Å². The number of carbonyl (C=O) groups excluding carboxylic acids is 1. The van der Waals surface area contributed by atoms with Crippen LogP contribution >= 0.6 is 0 Å². The van der Waals surface area contributed by atoms with Gasteiger partial charge in [0.25, 0.3) is 5.91 Å². The zero-order valence-electron chi connectivity index (χ0n) is 11.5. The van der Waals surface area contributed by atoms with Crippen LogP contribution in [0.2, 0.25) is 0 Å². The largest absolute Gasteiger partial charge is 0.387 e. The van der Waals surface area contributed by atoms with Crippen LogP contribution in [0.5, 0.6) is 0 Å². The Bertz CT molecular complexity index is 626. The number of amides is 1. The van der Waals surface area contributed by atoms with Gasteiger partial charge in [-0.15, -0.1) is 0 Å². The van der Waals surface area contributed by atoms with Gasteiger partial charge in [0.2, 0.25) is 0 Å². The summed E-state index contributed by atoms with van der Waals surface area (Å²) in [5.74, 6) is -1.54. The SMILES string of the molecule is CNc1ccncc1C(=O)NCCc1cc(F)cc(F)c1. The van der Waals surface area contributed by atoms with Crippen molar-refractivity contribution in [1.29, 1.82) is 0 Å². The molecule has 0 bridgehead atoms. The first kappa shape index (κ1) is 14.9. The van der Waals surface area contributed by atoms with E-state index in [-0.39, 0.29) is 12.5 Å². The monoisotopic (exact) mass is 291 g/mol. The van der Waals surface area contributed by atoms with Crippen LogP contribution in [0.15, 0.2) is 36.7 Å². The molecular weight excluding hydrogens is 276 g/mol. The lowest BCUT2D eigenvalue weighted by Crippen LogP contribution is -2.26. The molecule has 0 aliphatic heterocycles. The molecule has 0 aliphatic rings. The normalized spacial score (nSPS) is 10.2. The topological polar surface area (TPSA) is 54.0 Å². The molecule has 0 atom stereocenters. The standard InChI is InChI=1S/C15H15F2N3O/c1-18-14-3-4-19-9-13(14)15(21)20-5-2-10-6-11(16)8-12(17)7-10/h3-4,6-9H,2,5H2,1H3,(H,18,19)(H,20,21). The quantitative estimate of drug-likeness (QED) is 0.889. The number of pyridine rings is 1. The second-order valence-corrected chi connectivity index (χ2v) is 4.45. The highest BCUT2D eigenvalue weighted by atomic mass is 19.1. The predicted octanol–water partition coefficient (Wildman–Crippen LogP) is 2.37. The second-order valence-electron chi connectivity index (χ2n) is 4.45. The molecule has 110 valence electrons. The fraction of sp³-hybridized carbons (Fsp3) is 0.200. The molecule has 0 saturated heterocycles. The number of rotatable bonds is 5. The van der Waals surface area contributed by atoms with E-state index in [1.54, 1.807) is 19.3 Å². The average Bonchev–Trinajstić information content (AvgIpc) is 2.46. The lowest BCUT2D eigenvalue weighted by molar-refractivity contribution is 0.0954. The Balaban J connectivity index is 1.95. The van der Waals surface area contributed by atoms with Gasteiger partial charge >= 0.3 is 0 Å². The molecule has 0 radical (unpaired) electrons. The first-order chi connectivity index (χ1) is 10.1. The Morgan fingerprint density at radius 3 is 2.62 bits per heavy atom. The van der Waals surface area contributed by atoms with Crippen molar-refractivity contribution in [2.24, 2.45) is 0 Å². The van der Waals surface area contributed by atoms with Gasteiger partial charge in [-0.3, -0.25) is 9.78 Å². The number of carbonyl (C=O) groups is 1. The highest BCUT2D eigenvalue weighted by molar-refractivity contribution is 5.99. The minimum atomic E-state index is -0.624. The van der Waals surface area contributed by atoms with E-state index in [0.717, 1.165) is 6.07 Å². The van der Waals surface area contributed by atoms with Crippen molar-refractivity contribution in [1.82, 2.24) is 10.3 Å². The van der Waals surface area contributed by atoms with Gasteiger partial charge in [0, 0.05) is 37.7 Å². The van der Waals surface area contributed by atoms with Crippen LogP contribution in [0.1, 0.15) is 15.9 Å². The van der Waals surface area contributed by atoms with Crippen LogP contribution in [0.4, 0.5) is 14.5 Å². The molecule has 1 heterocycles. The first-order valence-electron chi connectivity index (χ1n) is 6.45. The third-order valence-corrected chi connectivity index (χ3v) is 2.96. The van der Waals surface area contributed by atoms with Gasteiger partial charge < -0.3 is 10.6 Å². The molecule has 1 aromatic heterocycles. The molecule has 0 aliphatic carbocycles. The van der Waals surface area contributed by atoms with E-state index in [0.29, 0.717) is 23.2 Å². The number of nitrogens with one attached hydrogen (secondary N) is 2. The van der Waals surface area contributed by atoms with Crippen molar-refractivity contribution in [3.8, 4) is 0 Å². The summed E-state index contributed by atoms with van der Waals surface area (Å²) in [5.41, 5.74) is 1.58. The molecule has 2 rings (SSSR count). The lowest BCUT2D eigenvalue weighted by atomic mass is 10.1. The fourth-order valence-electron chi connectivity index (χ4n) is 1.96. The van der Waals surface area contributed by atoms with Gasteiger partial charge in [0.05, 0.1) is 5.56 Å². The molecule has 0 fully saturated rings. The summed E-state index contributed by atoms with van der Waals surface area (Å²) in [5, 5.41) is 5.60. The van der Waals surface area contributed by atoms with E-state index in [4.69, 9.17) is 0 Å². The summed E-state index contributed by atoms with van der Waals surface area (Å²) in [6, 6.07) is 5.00. The van der Waals surface area contributed by atoms with Gasteiger partial charge in [-0.25, -0.2) is 8.78 Å². The van der Waals surface area contributed by atoms with Crippen LogP contribution in [-0.4, -0.2) is 24.5 Å². The molecular formula is C15H15F2N3O. The zero-order valence-corrected chi connectivity index (χ0v) is 11.5. The number of aromatic nitrogens is 1. The van der Waals surface area contributed by atoms with E-state index in [1.165, 1.54) is 18.3 Å². The maximum Gasteiger partial charge on any atom is 0.254 e. The minimum Gasteiger partial charge on any atom is -0.387 e. The van der Waals surface area contributed by atoms with Gasteiger partial charge in [-0.2, -0.15) is 0 Å². The van der Waals surface area contributed by atoms with Crippen molar-refractivity contribution in [3.05, 3.63) is 59.4 Å². The van der Waals surface area contributed by atoms with Crippen LogP contribution in [0.25, 0.3) is 0 Å². The maximum absolute atomic E-state index is 13.0. The minimum absolute atomic E-state index is 0.278. The van der Waals surface area contributed by atoms with Crippen LogP contribution < -0.4 is 10.6 Å². The molecule has 2 aromatic rings. The van der Waals surface area contributed by atoms with E-state index in [9.17, 15) is 13.6 Å². The Morgan fingerprint density at radius 2 is 1.95 bits per heavy atom. The second kappa shape index (κ2) is 6.78. The number of anilines is 1. The summed E-state index contributed by atoms with van der Waals surface area (Å²) in [7, 11) is 1.71. The van der Waals surface area contributed by atoms with Crippen molar-refractivity contribution in [2.75, 3.05) is 18.9 Å². The van der Waals surface area contributed by atoms with E-state index < -0.39 is 11.6 Å². The Morgan fingerprint density at radius 1 is 1.24 bits per heavy atom. The summed E-state index contributed by atoms with van der Waals surface area (Å²) in [6.07, 6.45) is 3.39. The summed E-state index contributed by atoms with van der Waals surface area (Å²) < 4.78 is 26.1. The number of hydrogen-bond donors (Lipinski definition) is 2. The number of benzene rings is 1. The molecule has 0 saturated carbocycles. The van der Waals surface area contributed by atoms with Crippen molar-refractivity contribution in [3.63, 3.8) is 0 Å². The van der Waals surface area contributed by atoms with Crippen LogP contribution in [-0.2, 0) is 6.42 Å². The third-order valence-electron chi connectivity index (χ3n) is 2.96. The predicted molar refractivity (Wildman–Crippen MR) is 76.2 cm³/mol. The van der Waals surface area contributed by atoms with Gasteiger partial charge in [-0.1, -0.05) is 0 Å². The molecule has 1 aromatic carbocycles. The Hall–Kier alpha value is -2.50. The van der Waals surface area contributed by atoms with Crippen molar-refractivity contribution in [2.45, 2.75) is 6.42 Å². The van der Waals surface area contributed by atoms with Crippen LogP contribution in [0.3, 0.4) is 0 Å². The first-order valence-corrected chi connectivity index (χ1v) is 6.45. The van der Waals surface area contributed by atoms with E-state index in [2.05, 4.69) is 15.6 Å².